The Bertz CT molecular complexity index is 617. The first kappa shape index (κ1) is 14.2. The number of aromatic nitrogens is 2. The van der Waals surface area contributed by atoms with Gasteiger partial charge in [0.15, 0.2) is 0 Å². The Labute approximate surface area is 117 Å². The molecule has 4 nitrogen and oxygen atoms in total. The van der Waals surface area contributed by atoms with Gasteiger partial charge >= 0.3 is 0 Å². The van der Waals surface area contributed by atoms with Gasteiger partial charge in [0.1, 0.15) is 5.82 Å². The fourth-order valence-corrected chi connectivity index (χ4v) is 2.07. The van der Waals surface area contributed by atoms with Crippen LogP contribution in [0.5, 0.6) is 0 Å². The highest BCUT2D eigenvalue weighted by atomic mass is 19.1. The summed E-state index contributed by atoms with van der Waals surface area (Å²) in [6, 6.07) is 6.21. The van der Waals surface area contributed by atoms with E-state index in [1.807, 2.05) is 20.9 Å². The highest BCUT2D eigenvalue weighted by Crippen LogP contribution is 2.18. The van der Waals surface area contributed by atoms with E-state index in [-0.39, 0.29) is 11.7 Å². The zero-order valence-electron chi connectivity index (χ0n) is 11.9. The van der Waals surface area contributed by atoms with Crippen LogP contribution in [0, 0.1) is 19.7 Å². The molecule has 0 atom stereocenters. The van der Waals surface area contributed by atoms with Gasteiger partial charge in [-0.2, -0.15) is 5.10 Å². The molecule has 1 amide bonds. The van der Waals surface area contributed by atoms with Crippen molar-refractivity contribution >= 4 is 11.6 Å². The van der Waals surface area contributed by atoms with Gasteiger partial charge in [-0.05, 0) is 38.0 Å². The Morgan fingerprint density at radius 3 is 2.50 bits per heavy atom. The maximum absolute atomic E-state index is 12.8. The van der Waals surface area contributed by atoms with E-state index >= 15 is 0 Å². The summed E-state index contributed by atoms with van der Waals surface area (Å²) in [6.45, 7) is 3.78. The summed E-state index contributed by atoms with van der Waals surface area (Å²) >= 11 is 0. The highest BCUT2D eigenvalue weighted by molar-refractivity contribution is 5.92. The average molecular weight is 275 g/mol. The minimum absolute atomic E-state index is 0.0616. The van der Waals surface area contributed by atoms with Crippen molar-refractivity contribution in [2.75, 3.05) is 5.32 Å². The van der Waals surface area contributed by atoms with Crippen LogP contribution in [-0.4, -0.2) is 15.7 Å². The minimum atomic E-state index is -0.264. The molecule has 1 N–H and O–H groups in total. The lowest BCUT2D eigenvalue weighted by Crippen LogP contribution is -2.13. The SMILES string of the molecule is Cc1nn(C)c(C)c1NC(=O)CCc1ccc(F)cc1. The van der Waals surface area contributed by atoms with Crippen LogP contribution in [0.25, 0.3) is 0 Å². The van der Waals surface area contributed by atoms with Gasteiger partial charge in [-0.25, -0.2) is 4.39 Å². The van der Waals surface area contributed by atoms with Gasteiger partial charge in [-0.1, -0.05) is 12.1 Å². The third kappa shape index (κ3) is 3.23. The summed E-state index contributed by atoms with van der Waals surface area (Å²) < 4.78 is 14.5. The van der Waals surface area contributed by atoms with Crippen LogP contribution in [0.2, 0.25) is 0 Å². The molecule has 106 valence electrons. The first-order valence-electron chi connectivity index (χ1n) is 6.52. The predicted molar refractivity (Wildman–Crippen MR) is 76.0 cm³/mol. The Hall–Kier alpha value is -2.17. The molecule has 0 radical (unpaired) electrons. The lowest BCUT2D eigenvalue weighted by molar-refractivity contribution is -0.116. The smallest absolute Gasteiger partial charge is 0.224 e. The molecule has 0 saturated heterocycles. The number of halogens is 1. The molecule has 0 aliphatic carbocycles. The summed E-state index contributed by atoms with van der Waals surface area (Å²) in [5, 5.41) is 7.14. The Balaban J connectivity index is 1.94. The molecule has 0 bridgehead atoms. The van der Waals surface area contributed by atoms with Crippen molar-refractivity contribution in [2.24, 2.45) is 7.05 Å². The number of anilines is 1. The molecule has 20 heavy (non-hydrogen) atoms. The molecular weight excluding hydrogens is 257 g/mol. The third-order valence-corrected chi connectivity index (χ3v) is 3.33. The number of carbonyl (C=O) groups is 1. The van der Waals surface area contributed by atoms with Crippen LogP contribution < -0.4 is 5.32 Å². The average Bonchev–Trinajstić information content (AvgIpc) is 2.65. The van der Waals surface area contributed by atoms with Crippen LogP contribution >= 0.6 is 0 Å². The normalized spacial score (nSPS) is 10.6. The number of benzene rings is 1. The molecule has 0 saturated carbocycles. The highest BCUT2D eigenvalue weighted by Gasteiger charge is 2.12. The van der Waals surface area contributed by atoms with E-state index in [4.69, 9.17) is 0 Å². The van der Waals surface area contributed by atoms with Crippen LogP contribution in [0.3, 0.4) is 0 Å². The third-order valence-electron chi connectivity index (χ3n) is 3.33. The zero-order valence-corrected chi connectivity index (χ0v) is 11.9. The molecule has 0 aliphatic rings. The van der Waals surface area contributed by atoms with E-state index in [1.165, 1.54) is 12.1 Å². The second-order valence-corrected chi connectivity index (χ2v) is 4.84. The molecule has 0 spiro atoms. The maximum Gasteiger partial charge on any atom is 0.224 e. The fraction of sp³-hybridized carbons (Fsp3) is 0.333. The fourth-order valence-electron chi connectivity index (χ4n) is 2.07. The van der Waals surface area contributed by atoms with Crippen LogP contribution in [0.4, 0.5) is 10.1 Å². The van der Waals surface area contributed by atoms with E-state index in [0.29, 0.717) is 12.8 Å². The van der Waals surface area contributed by atoms with Crippen molar-refractivity contribution in [2.45, 2.75) is 26.7 Å². The quantitative estimate of drug-likeness (QED) is 0.932. The van der Waals surface area contributed by atoms with Gasteiger partial charge in [0.05, 0.1) is 17.1 Å². The maximum atomic E-state index is 12.8. The molecule has 0 fully saturated rings. The molecule has 1 aromatic heterocycles. The van der Waals surface area contributed by atoms with Crippen LogP contribution in [0.1, 0.15) is 23.4 Å². The molecule has 1 aromatic carbocycles. The van der Waals surface area contributed by atoms with E-state index in [2.05, 4.69) is 10.4 Å². The van der Waals surface area contributed by atoms with Crippen molar-refractivity contribution in [3.63, 3.8) is 0 Å². The zero-order chi connectivity index (χ0) is 14.7. The molecule has 0 unspecified atom stereocenters. The first-order chi connectivity index (χ1) is 9.47. The summed E-state index contributed by atoms with van der Waals surface area (Å²) in [6.07, 6.45) is 0.948. The number of nitrogens with one attached hydrogen (secondary N) is 1. The monoisotopic (exact) mass is 275 g/mol. The van der Waals surface area contributed by atoms with E-state index in [0.717, 1.165) is 22.6 Å². The number of hydrogen-bond donors (Lipinski definition) is 1. The Morgan fingerprint density at radius 1 is 1.30 bits per heavy atom. The standard InChI is InChI=1S/C15H18FN3O/c1-10-15(11(2)19(3)18-10)17-14(20)9-6-12-4-7-13(16)8-5-12/h4-5,7-8H,6,9H2,1-3H3,(H,17,20). The van der Waals surface area contributed by atoms with Crippen LogP contribution in [-0.2, 0) is 18.3 Å². The lowest BCUT2D eigenvalue weighted by Gasteiger charge is -2.06. The van der Waals surface area contributed by atoms with Crippen LogP contribution in [0.15, 0.2) is 24.3 Å². The summed E-state index contributed by atoms with van der Waals surface area (Å²) in [5.41, 5.74) is 3.45. The molecule has 5 heteroatoms. The molecule has 2 aromatic rings. The van der Waals surface area contributed by atoms with Gasteiger partial charge in [-0.3, -0.25) is 9.48 Å². The van der Waals surface area contributed by atoms with E-state index in [9.17, 15) is 9.18 Å². The van der Waals surface area contributed by atoms with Gasteiger partial charge in [0.2, 0.25) is 5.91 Å². The molecular formula is C15H18FN3O. The second kappa shape index (κ2) is 5.86. The predicted octanol–water partition coefficient (Wildman–Crippen LogP) is 2.75. The largest absolute Gasteiger partial charge is 0.323 e. The second-order valence-electron chi connectivity index (χ2n) is 4.84. The summed E-state index contributed by atoms with van der Waals surface area (Å²) in [4.78, 5) is 11.9. The van der Waals surface area contributed by atoms with E-state index < -0.39 is 0 Å². The number of carbonyl (C=O) groups excluding carboxylic acids is 1. The topological polar surface area (TPSA) is 46.9 Å². The van der Waals surface area contributed by atoms with Gasteiger partial charge in [-0.15, -0.1) is 0 Å². The number of nitrogens with zero attached hydrogens (tertiary/aromatic N) is 2. The molecule has 0 aliphatic heterocycles. The molecule has 1 heterocycles. The number of rotatable bonds is 4. The molecule has 2 rings (SSSR count). The summed E-state index contributed by atoms with van der Waals surface area (Å²) in [5.74, 6) is -0.326. The number of amides is 1. The number of aryl methyl sites for hydroxylation is 3. The van der Waals surface area contributed by atoms with Crippen molar-refractivity contribution in [3.05, 3.63) is 47.0 Å². The van der Waals surface area contributed by atoms with Crippen molar-refractivity contribution in [1.82, 2.24) is 9.78 Å². The first-order valence-corrected chi connectivity index (χ1v) is 6.52. The van der Waals surface area contributed by atoms with Crippen molar-refractivity contribution in [3.8, 4) is 0 Å². The van der Waals surface area contributed by atoms with E-state index in [1.54, 1.807) is 16.8 Å². The Kier molecular flexibility index (Phi) is 4.17. The van der Waals surface area contributed by atoms with Crippen molar-refractivity contribution < 1.29 is 9.18 Å². The number of hydrogen-bond acceptors (Lipinski definition) is 2. The van der Waals surface area contributed by atoms with Gasteiger partial charge in [0, 0.05) is 13.5 Å². The minimum Gasteiger partial charge on any atom is -0.323 e. The van der Waals surface area contributed by atoms with Gasteiger partial charge < -0.3 is 5.32 Å². The summed E-state index contributed by atoms with van der Waals surface area (Å²) in [7, 11) is 1.84. The van der Waals surface area contributed by atoms with Crippen molar-refractivity contribution in [1.29, 1.82) is 0 Å². The lowest BCUT2D eigenvalue weighted by atomic mass is 10.1. The Morgan fingerprint density at radius 2 is 1.95 bits per heavy atom. The van der Waals surface area contributed by atoms with Gasteiger partial charge in [0.25, 0.3) is 0 Å².